The standard InChI is InChI=1S/C15H21NO4/c1-11-7-8-12(13(17)10-11)15(20)16-9-5-3-2-4-6-14(18)19/h7-8,10,17H,2-6,9H2,1H3,(H,16,20)(H,18,19). The maximum absolute atomic E-state index is 11.8. The number of carbonyl (C=O) groups excluding carboxylic acids is 1. The van der Waals surface area contributed by atoms with Crippen molar-refractivity contribution in [3.8, 4) is 5.75 Å². The zero-order chi connectivity index (χ0) is 15.0. The second-order valence-corrected chi connectivity index (χ2v) is 4.83. The number of carboxylic acids is 1. The van der Waals surface area contributed by atoms with Gasteiger partial charge in [0.25, 0.3) is 5.91 Å². The summed E-state index contributed by atoms with van der Waals surface area (Å²) < 4.78 is 0. The first-order valence-corrected chi connectivity index (χ1v) is 6.80. The largest absolute Gasteiger partial charge is 0.507 e. The second kappa shape index (κ2) is 8.19. The van der Waals surface area contributed by atoms with Crippen LogP contribution in [0.1, 0.15) is 48.0 Å². The van der Waals surface area contributed by atoms with Crippen LogP contribution in [0.15, 0.2) is 18.2 Å². The SMILES string of the molecule is Cc1ccc(C(=O)NCCCCCCC(=O)O)c(O)c1. The van der Waals surface area contributed by atoms with Crippen molar-refractivity contribution in [3.05, 3.63) is 29.3 Å². The molecule has 0 saturated heterocycles. The van der Waals surface area contributed by atoms with Crippen LogP contribution in [-0.4, -0.2) is 28.6 Å². The summed E-state index contributed by atoms with van der Waals surface area (Å²) in [6.07, 6.45) is 3.40. The van der Waals surface area contributed by atoms with Gasteiger partial charge in [-0.25, -0.2) is 0 Å². The summed E-state index contributed by atoms with van der Waals surface area (Å²) in [6, 6.07) is 4.94. The number of benzene rings is 1. The number of phenolic OH excluding ortho intramolecular Hbond substituents is 1. The summed E-state index contributed by atoms with van der Waals surface area (Å²) in [7, 11) is 0. The molecule has 0 aliphatic carbocycles. The molecule has 0 fully saturated rings. The monoisotopic (exact) mass is 279 g/mol. The molecule has 20 heavy (non-hydrogen) atoms. The van der Waals surface area contributed by atoms with Crippen LogP contribution in [-0.2, 0) is 4.79 Å². The number of aliphatic carboxylic acids is 1. The molecule has 5 heteroatoms. The van der Waals surface area contributed by atoms with E-state index in [-0.39, 0.29) is 23.6 Å². The van der Waals surface area contributed by atoms with Crippen molar-refractivity contribution in [1.29, 1.82) is 0 Å². The Morgan fingerprint density at radius 2 is 1.85 bits per heavy atom. The van der Waals surface area contributed by atoms with Gasteiger partial charge in [0.2, 0.25) is 0 Å². The number of amides is 1. The Balaban J connectivity index is 2.22. The lowest BCUT2D eigenvalue weighted by Gasteiger charge is -2.07. The molecule has 0 aromatic heterocycles. The fourth-order valence-corrected chi connectivity index (χ4v) is 1.89. The van der Waals surface area contributed by atoms with E-state index in [0.29, 0.717) is 13.0 Å². The third kappa shape index (κ3) is 5.73. The van der Waals surface area contributed by atoms with E-state index in [2.05, 4.69) is 5.32 Å². The Morgan fingerprint density at radius 3 is 2.50 bits per heavy atom. The predicted octanol–water partition coefficient (Wildman–Crippen LogP) is 2.47. The van der Waals surface area contributed by atoms with Crippen molar-refractivity contribution >= 4 is 11.9 Å². The van der Waals surface area contributed by atoms with Gasteiger partial charge in [0.05, 0.1) is 5.56 Å². The van der Waals surface area contributed by atoms with Gasteiger partial charge in [0.15, 0.2) is 0 Å². The second-order valence-electron chi connectivity index (χ2n) is 4.83. The maximum atomic E-state index is 11.8. The minimum atomic E-state index is -0.770. The topological polar surface area (TPSA) is 86.6 Å². The summed E-state index contributed by atoms with van der Waals surface area (Å²) >= 11 is 0. The van der Waals surface area contributed by atoms with E-state index in [4.69, 9.17) is 5.11 Å². The molecule has 0 spiro atoms. The van der Waals surface area contributed by atoms with E-state index in [0.717, 1.165) is 24.8 Å². The van der Waals surface area contributed by atoms with Crippen LogP contribution < -0.4 is 5.32 Å². The Kier molecular flexibility index (Phi) is 6.56. The molecule has 1 rings (SSSR count). The lowest BCUT2D eigenvalue weighted by Crippen LogP contribution is -2.24. The third-order valence-electron chi connectivity index (χ3n) is 3.00. The highest BCUT2D eigenvalue weighted by molar-refractivity contribution is 5.96. The molecule has 0 aliphatic rings. The molecule has 3 N–H and O–H groups in total. The van der Waals surface area contributed by atoms with Crippen LogP contribution in [0.4, 0.5) is 0 Å². The van der Waals surface area contributed by atoms with E-state index in [9.17, 15) is 14.7 Å². The molecule has 0 heterocycles. The third-order valence-corrected chi connectivity index (χ3v) is 3.00. The number of aromatic hydroxyl groups is 1. The van der Waals surface area contributed by atoms with E-state index < -0.39 is 5.97 Å². The summed E-state index contributed by atoms with van der Waals surface area (Å²) in [5.74, 6) is -1.06. The fourth-order valence-electron chi connectivity index (χ4n) is 1.89. The number of phenols is 1. The molecule has 0 unspecified atom stereocenters. The van der Waals surface area contributed by atoms with Gasteiger partial charge in [-0.2, -0.15) is 0 Å². The lowest BCUT2D eigenvalue weighted by molar-refractivity contribution is -0.137. The van der Waals surface area contributed by atoms with Gasteiger partial charge in [0, 0.05) is 13.0 Å². The summed E-state index contributed by atoms with van der Waals surface area (Å²) in [4.78, 5) is 22.1. The van der Waals surface area contributed by atoms with E-state index in [1.807, 2.05) is 6.92 Å². The Bertz CT molecular complexity index is 471. The van der Waals surface area contributed by atoms with Gasteiger partial charge in [0.1, 0.15) is 5.75 Å². The Hall–Kier alpha value is -2.04. The van der Waals surface area contributed by atoms with E-state index in [1.165, 1.54) is 0 Å². The first-order chi connectivity index (χ1) is 9.50. The van der Waals surface area contributed by atoms with Crippen LogP contribution in [0.25, 0.3) is 0 Å². The van der Waals surface area contributed by atoms with Crippen molar-refractivity contribution in [1.82, 2.24) is 5.32 Å². The summed E-state index contributed by atoms with van der Waals surface area (Å²) in [5.41, 5.74) is 1.18. The zero-order valence-electron chi connectivity index (χ0n) is 11.7. The molecule has 110 valence electrons. The normalized spacial score (nSPS) is 10.2. The lowest BCUT2D eigenvalue weighted by atomic mass is 10.1. The van der Waals surface area contributed by atoms with Gasteiger partial charge in [-0.05, 0) is 37.5 Å². The van der Waals surface area contributed by atoms with E-state index >= 15 is 0 Å². The molecule has 5 nitrogen and oxygen atoms in total. The zero-order valence-corrected chi connectivity index (χ0v) is 11.7. The number of aryl methyl sites for hydroxylation is 1. The van der Waals surface area contributed by atoms with Crippen molar-refractivity contribution in [2.75, 3.05) is 6.54 Å². The number of carboxylic acid groups (broad SMARTS) is 1. The highest BCUT2D eigenvalue weighted by Gasteiger charge is 2.09. The average Bonchev–Trinajstić information content (AvgIpc) is 2.37. The van der Waals surface area contributed by atoms with Gasteiger partial charge >= 0.3 is 5.97 Å². The Labute approximate surface area is 118 Å². The highest BCUT2D eigenvalue weighted by Crippen LogP contribution is 2.18. The molecule has 1 aromatic carbocycles. The van der Waals surface area contributed by atoms with Crippen LogP contribution >= 0.6 is 0 Å². The summed E-state index contributed by atoms with van der Waals surface area (Å²) in [5, 5.41) is 20.9. The van der Waals surface area contributed by atoms with Gasteiger partial charge in [-0.1, -0.05) is 18.9 Å². The molecule has 0 atom stereocenters. The average molecular weight is 279 g/mol. The molecule has 0 saturated carbocycles. The molecule has 0 aliphatic heterocycles. The first kappa shape index (κ1) is 16.0. The first-order valence-electron chi connectivity index (χ1n) is 6.80. The highest BCUT2D eigenvalue weighted by atomic mass is 16.4. The molecule has 1 amide bonds. The van der Waals surface area contributed by atoms with Gasteiger partial charge in [-0.3, -0.25) is 9.59 Å². The maximum Gasteiger partial charge on any atom is 0.303 e. The quantitative estimate of drug-likeness (QED) is 0.638. The van der Waals surface area contributed by atoms with Crippen molar-refractivity contribution < 1.29 is 19.8 Å². The van der Waals surface area contributed by atoms with Gasteiger partial charge < -0.3 is 15.5 Å². The summed E-state index contributed by atoms with van der Waals surface area (Å²) in [6.45, 7) is 2.37. The predicted molar refractivity (Wildman–Crippen MR) is 75.9 cm³/mol. The van der Waals surface area contributed by atoms with Gasteiger partial charge in [-0.15, -0.1) is 0 Å². The smallest absolute Gasteiger partial charge is 0.303 e. The van der Waals surface area contributed by atoms with E-state index in [1.54, 1.807) is 18.2 Å². The van der Waals surface area contributed by atoms with Crippen LogP contribution in [0, 0.1) is 6.92 Å². The van der Waals surface area contributed by atoms with Crippen molar-refractivity contribution in [3.63, 3.8) is 0 Å². The number of carbonyl (C=O) groups is 2. The molecular weight excluding hydrogens is 258 g/mol. The number of unbranched alkanes of at least 4 members (excludes halogenated alkanes) is 3. The number of rotatable bonds is 8. The number of hydrogen-bond donors (Lipinski definition) is 3. The fraction of sp³-hybridized carbons (Fsp3) is 0.467. The minimum Gasteiger partial charge on any atom is -0.507 e. The molecule has 0 bridgehead atoms. The van der Waals surface area contributed by atoms with Crippen molar-refractivity contribution in [2.45, 2.75) is 39.0 Å². The van der Waals surface area contributed by atoms with Crippen LogP contribution in [0.5, 0.6) is 5.75 Å². The number of nitrogens with one attached hydrogen (secondary N) is 1. The molecule has 0 radical (unpaired) electrons. The number of hydrogen-bond acceptors (Lipinski definition) is 3. The van der Waals surface area contributed by atoms with Crippen molar-refractivity contribution in [2.24, 2.45) is 0 Å². The van der Waals surface area contributed by atoms with Crippen LogP contribution in [0.2, 0.25) is 0 Å². The molecule has 1 aromatic rings. The minimum absolute atomic E-state index is 0.0102. The molecular formula is C15H21NO4. The van der Waals surface area contributed by atoms with Crippen LogP contribution in [0.3, 0.4) is 0 Å². The Morgan fingerprint density at radius 1 is 1.15 bits per heavy atom.